The second-order valence-electron chi connectivity index (χ2n) is 3.92. The molecule has 82 valence electrons. The summed E-state index contributed by atoms with van der Waals surface area (Å²) in [5.41, 5.74) is 1.21. The second kappa shape index (κ2) is 5.51. The fourth-order valence-corrected chi connectivity index (χ4v) is 1.51. The van der Waals surface area contributed by atoms with Crippen LogP contribution in [0.3, 0.4) is 0 Å². The number of carboxylic acids is 1. The van der Waals surface area contributed by atoms with Crippen LogP contribution in [0.25, 0.3) is 0 Å². The molecule has 0 amide bonds. The first-order valence-electron chi connectivity index (χ1n) is 5.05. The van der Waals surface area contributed by atoms with Crippen LogP contribution in [0.2, 0.25) is 0 Å². The molecule has 0 spiro atoms. The minimum Gasteiger partial charge on any atom is -0.481 e. The van der Waals surface area contributed by atoms with Gasteiger partial charge in [0.1, 0.15) is 0 Å². The molecule has 3 heteroatoms. The van der Waals surface area contributed by atoms with Crippen molar-refractivity contribution < 1.29 is 9.90 Å². The molecule has 0 radical (unpaired) electrons. The molecule has 0 heterocycles. The fraction of sp³-hybridized carbons (Fsp3) is 0.417. The highest BCUT2D eigenvalue weighted by molar-refractivity contribution is 5.69. The highest BCUT2D eigenvalue weighted by Crippen LogP contribution is 2.05. The maximum atomic E-state index is 10.7. The molecular formula is C12H17NO2. The number of aliphatic carboxylic acids is 1. The van der Waals surface area contributed by atoms with Crippen LogP contribution < -0.4 is 0 Å². The normalized spacial score (nSPS) is 12.7. The summed E-state index contributed by atoms with van der Waals surface area (Å²) in [5.74, 6) is -1.06. The third-order valence-corrected chi connectivity index (χ3v) is 2.30. The van der Waals surface area contributed by atoms with Crippen LogP contribution in [0.5, 0.6) is 0 Å². The number of carboxylic acid groups (broad SMARTS) is 1. The molecule has 3 nitrogen and oxygen atoms in total. The second-order valence-corrected chi connectivity index (χ2v) is 3.92. The first-order valence-corrected chi connectivity index (χ1v) is 5.05. The standard InChI is InChI=1S/C12H17NO2/c1-10(12(14)15)8-13(2)9-11-6-4-3-5-7-11/h3-7,10H,8-9H2,1-2H3,(H,14,15). The van der Waals surface area contributed by atoms with E-state index in [0.29, 0.717) is 6.54 Å². The number of benzene rings is 1. The summed E-state index contributed by atoms with van der Waals surface area (Å²) in [6, 6.07) is 10.0. The Kier molecular flexibility index (Phi) is 4.31. The Labute approximate surface area is 90.3 Å². The molecule has 1 unspecified atom stereocenters. The molecule has 0 aliphatic carbocycles. The lowest BCUT2D eigenvalue weighted by atomic mass is 10.1. The monoisotopic (exact) mass is 207 g/mol. The zero-order chi connectivity index (χ0) is 11.3. The molecule has 0 bridgehead atoms. The van der Waals surface area contributed by atoms with Gasteiger partial charge >= 0.3 is 5.97 Å². The Morgan fingerprint density at radius 1 is 1.40 bits per heavy atom. The Hall–Kier alpha value is -1.35. The van der Waals surface area contributed by atoms with Crippen molar-refractivity contribution in [2.24, 2.45) is 5.92 Å². The van der Waals surface area contributed by atoms with Gasteiger partial charge in [-0.15, -0.1) is 0 Å². The van der Waals surface area contributed by atoms with Crippen LogP contribution in [0.4, 0.5) is 0 Å². The van der Waals surface area contributed by atoms with Gasteiger partial charge in [-0.1, -0.05) is 37.3 Å². The number of hydrogen-bond acceptors (Lipinski definition) is 2. The molecule has 0 saturated carbocycles. The zero-order valence-electron chi connectivity index (χ0n) is 9.18. The van der Waals surface area contributed by atoms with Crippen molar-refractivity contribution in [3.63, 3.8) is 0 Å². The van der Waals surface area contributed by atoms with Crippen molar-refractivity contribution in [1.82, 2.24) is 4.90 Å². The minimum absolute atomic E-state index is 0.321. The summed E-state index contributed by atoms with van der Waals surface area (Å²) in [6.07, 6.45) is 0. The van der Waals surface area contributed by atoms with Gasteiger partial charge in [0.15, 0.2) is 0 Å². The maximum absolute atomic E-state index is 10.7. The van der Waals surface area contributed by atoms with Gasteiger partial charge < -0.3 is 10.0 Å². The van der Waals surface area contributed by atoms with E-state index in [4.69, 9.17) is 5.11 Å². The average Bonchev–Trinajstić information content (AvgIpc) is 2.18. The molecule has 1 rings (SSSR count). The van der Waals surface area contributed by atoms with Gasteiger partial charge in [-0.3, -0.25) is 4.79 Å². The first kappa shape index (κ1) is 11.7. The van der Waals surface area contributed by atoms with Gasteiger partial charge in [-0.25, -0.2) is 0 Å². The average molecular weight is 207 g/mol. The molecule has 0 aromatic heterocycles. The van der Waals surface area contributed by atoms with E-state index in [-0.39, 0.29) is 5.92 Å². The van der Waals surface area contributed by atoms with E-state index in [1.54, 1.807) is 6.92 Å². The number of nitrogens with zero attached hydrogens (tertiary/aromatic N) is 1. The van der Waals surface area contributed by atoms with E-state index in [1.807, 2.05) is 42.3 Å². The molecular weight excluding hydrogens is 190 g/mol. The minimum atomic E-state index is -0.741. The summed E-state index contributed by atoms with van der Waals surface area (Å²) in [4.78, 5) is 12.7. The van der Waals surface area contributed by atoms with Crippen molar-refractivity contribution in [3.05, 3.63) is 35.9 Å². The maximum Gasteiger partial charge on any atom is 0.307 e. The van der Waals surface area contributed by atoms with Gasteiger partial charge in [0.05, 0.1) is 5.92 Å². The molecule has 0 saturated heterocycles. The van der Waals surface area contributed by atoms with Gasteiger partial charge in [0.25, 0.3) is 0 Å². The van der Waals surface area contributed by atoms with Crippen molar-refractivity contribution in [3.8, 4) is 0 Å². The van der Waals surface area contributed by atoms with Crippen LogP contribution in [-0.2, 0) is 11.3 Å². The summed E-state index contributed by atoms with van der Waals surface area (Å²) in [5, 5.41) is 8.77. The summed E-state index contributed by atoms with van der Waals surface area (Å²) in [6.45, 7) is 3.09. The Morgan fingerprint density at radius 3 is 2.53 bits per heavy atom. The SMILES string of the molecule is CC(CN(C)Cc1ccccc1)C(=O)O. The molecule has 1 aromatic rings. The summed E-state index contributed by atoms with van der Waals surface area (Å²) in [7, 11) is 1.94. The van der Waals surface area contributed by atoms with Gasteiger partial charge in [-0.05, 0) is 12.6 Å². The molecule has 0 aliphatic heterocycles. The summed E-state index contributed by atoms with van der Waals surface area (Å²) >= 11 is 0. The Bertz CT molecular complexity index is 311. The number of carbonyl (C=O) groups is 1. The van der Waals surface area contributed by atoms with Crippen LogP contribution in [0, 0.1) is 5.92 Å². The van der Waals surface area contributed by atoms with Gasteiger partial charge in [0, 0.05) is 13.1 Å². The zero-order valence-corrected chi connectivity index (χ0v) is 9.18. The molecule has 1 aromatic carbocycles. The van der Waals surface area contributed by atoms with Crippen LogP contribution >= 0.6 is 0 Å². The van der Waals surface area contributed by atoms with E-state index in [1.165, 1.54) is 5.56 Å². The molecule has 1 atom stereocenters. The van der Waals surface area contributed by atoms with E-state index >= 15 is 0 Å². The molecule has 15 heavy (non-hydrogen) atoms. The third-order valence-electron chi connectivity index (χ3n) is 2.30. The van der Waals surface area contributed by atoms with Crippen molar-refractivity contribution in [1.29, 1.82) is 0 Å². The predicted molar refractivity (Wildman–Crippen MR) is 59.6 cm³/mol. The van der Waals surface area contributed by atoms with Crippen molar-refractivity contribution in [2.45, 2.75) is 13.5 Å². The molecule has 0 fully saturated rings. The van der Waals surface area contributed by atoms with Crippen LogP contribution in [0.15, 0.2) is 30.3 Å². The lowest BCUT2D eigenvalue weighted by molar-refractivity contribution is -0.141. The van der Waals surface area contributed by atoms with Gasteiger partial charge in [-0.2, -0.15) is 0 Å². The number of hydrogen-bond donors (Lipinski definition) is 1. The quantitative estimate of drug-likeness (QED) is 0.801. The van der Waals surface area contributed by atoms with E-state index < -0.39 is 5.97 Å². The Morgan fingerprint density at radius 2 is 2.00 bits per heavy atom. The van der Waals surface area contributed by atoms with Gasteiger partial charge in [0.2, 0.25) is 0 Å². The van der Waals surface area contributed by atoms with Crippen molar-refractivity contribution >= 4 is 5.97 Å². The Balaban J connectivity index is 2.43. The molecule has 1 N–H and O–H groups in total. The largest absolute Gasteiger partial charge is 0.481 e. The van der Waals surface area contributed by atoms with Crippen LogP contribution in [0.1, 0.15) is 12.5 Å². The summed E-state index contributed by atoms with van der Waals surface area (Å²) < 4.78 is 0. The number of rotatable bonds is 5. The fourth-order valence-electron chi connectivity index (χ4n) is 1.51. The predicted octanol–water partition coefficient (Wildman–Crippen LogP) is 1.84. The lowest BCUT2D eigenvalue weighted by Gasteiger charge is -2.18. The topological polar surface area (TPSA) is 40.5 Å². The smallest absolute Gasteiger partial charge is 0.307 e. The van der Waals surface area contributed by atoms with E-state index in [0.717, 1.165) is 6.54 Å². The molecule has 0 aliphatic rings. The highest BCUT2D eigenvalue weighted by Gasteiger charge is 2.13. The first-order chi connectivity index (χ1) is 7.09. The highest BCUT2D eigenvalue weighted by atomic mass is 16.4. The van der Waals surface area contributed by atoms with Crippen LogP contribution in [-0.4, -0.2) is 29.6 Å². The lowest BCUT2D eigenvalue weighted by Crippen LogP contribution is -2.28. The third kappa shape index (κ3) is 4.13. The van der Waals surface area contributed by atoms with E-state index in [9.17, 15) is 4.79 Å². The van der Waals surface area contributed by atoms with E-state index in [2.05, 4.69) is 0 Å². The van der Waals surface area contributed by atoms with Crippen molar-refractivity contribution in [2.75, 3.05) is 13.6 Å².